The van der Waals surface area contributed by atoms with Gasteiger partial charge in [-0.15, -0.1) is 0 Å². The zero-order chi connectivity index (χ0) is 68.7. The van der Waals surface area contributed by atoms with E-state index in [-0.39, 0.29) is 25.7 Å². The predicted molar refractivity (Wildman–Crippen MR) is 377 cm³/mol. The van der Waals surface area contributed by atoms with E-state index in [1.54, 1.807) is 0 Å². The molecule has 17 nitrogen and oxygen atoms in total. The number of phosphoric acid groups is 2. The molecule has 0 saturated carbocycles. The molecule has 0 aliphatic carbocycles. The molecule has 7 atom stereocenters. The van der Waals surface area contributed by atoms with Crippen LogP contribution >= 0.6 is 15.6 Å². The molecule has 4 unspecified atom stereocenters. The monoisotopic (exact) mass is 1370 g/mol. The van der Waals surface area contributed by atoms with Gasteiger partial charge in [-0.2, -0.15) is 0 Å². The summed E-state index contributed by atoms with van der Waals surface area (Å²) >= 11 is 0. The Kier molecular flexibility index (Phi) is 63.4. The second kappa shape index (κ2) is 64.7. The molecule has 3 N–H and O–H groups in total. The van der Waals surface area contributed by atoms with E-state index in [1.807, 2.05) is 0 Å². The van der Waals surface area contributed by atoms with Gasteiger partial charge in [0.05, 0.1) is 26.4 Å². The molecule has 0 radical (unpaired) electrons. The molecule has 19 heteroatoms. The van der Waals surface area contributed by atoms with Crippen molar-refractivity contribution in [2.45, 2.75) is 394 Å². The van der Waals surface area contributed by atoms with Crippen LogP contribution in [0, 0.1) is 17.8 Å². The second-order valence-corrected chi connectivity index (χ2v) is 30.6. The first-order valence-electron chi connectivity index (χ1n) is 38.4. The van der Waals surface area contributed by atoms with Gasteiger partial charge in [-0.25, -0.2) is 9.13 Å². The molecule has 0 aromatic carbocycles. The topological polar surface area (TPSA) is 237 Å². The van der Waals surface area contributed by atoms with Crippen LogP contribution in [-0.4, -0.2) is 96.7 Å². The van der Waals surface area contributed by atoms with E-state index in [4.69, 9.17) is 37.0 Å². The maximum atomic E-state index is 13.1. The third kappa shape index (κ3) is 65.8. The van der Waals surface area contributed by atoms with Crippen LogP contribution in [0.5, 0.6) is 0 Å². The van der Waals surface area contributed by atoms with Gasteiger partial charge in [0.2, 0.25) is 0 Å². The molecule has 93 heavy (non-hydrogen) atoms. The first-order valence-corrected chi connectivity index (χ1v) is 41.4. The van der Waals surface area contributed by atoms with E-state index in [1.165, 1.54) is 180 Å². The van der Waals surface area contributed by atoms with E-state index in [0.29, 0.717) is 25.7 Å². The highest BCUT2D eigenvalue weighted by Crippen LogP contribution is 2.45. The fourth-order valence-electron chi connectivity index (χ4n) is 11.2. The highest BCUT2D eigenvalue weighted by Gasteiger charge is 2.30. The average Bonchev–Trinajstić information content (AvgIpc) is 3.57. The Morgan fingerprint density at radius 2 is 0.548 bits per heavy atom. The third-order valence-electron chi connectivity index (χ3n) is 17.9. The highest BCUT2D eigenvalue weighted by atomic mass is 31.2. The molecule has 0 aliphatic rings. The minimum atomic E-state index is -4.96. The van der Waals surface area contributed by atoms with Crippen LogP contribution < -0.4 is 0 Å². The van der Waals surface area contributed by atoms with Gasteiger partial charge in [-0.3, -0.25) is 37.3 Å². The van der Waals surface area contributed by atoms with Gasteiger partial charge in [-0.05, 0) is 43.4 Å². The summed E-state index contributed by atoms with van der Waals surface area (Å²) < 4.78 is 68.4. The molecule has 0 heterocycles. The summed E-state index contributed by atoms with van der Waals surface area (Å²) in [5.41, 5.74) is 0. The number of ether oxygens (including phenoxy) is 4. The van der Waals surface area contributed by atoms with Crippen molar-refractivity contribution in [3.8, 4) is 0 Å². The lowest BCUT2D eigenvalue weighted by Gasteiger charge is -2.21. The smallest absolute Gasteiger partial charge is 0.462 e. The Morgan fingerprint density at radius 1 is 0.312 bits per heavy atom. The molecule has 0 fully saturated rings. The fourth-order valence-corrected chi connectivity index (χ4v) is 12.8. The summed E-state index contributed by atoms with van der Waals surface area (Å²) in [5, 5.41) is 10.6. The lowest BCUT2D eigenvalue weighted by molar-refractivity contribution is -0.161. The Hall–Kier alpha value is -1.94. The van der Waals surface area contributed by atoms with Crippen molar-refractivity contribution in [1.82, 2.24) is 0 Å². The highest BCUT2D eigenvalue weighted by molar-refractivity contribution is 7.47. The number of phosphoric ester groups is 2. The number of carbonyl (C=O) groups excluding carboxylic acids is 4. The van der Waals surface area contributed by atoms with Crippen molar-refractivity contribution in [3.63, 3.8) is 0 Å². The molecule has 0 bridgehead atoms. The first-order chi connectivity index (χ1) is 44.8. The Bertz CT molecular complexity index is 1820. The van der Waals surface area contributed by atoms with Gasteiger partial charge in [0.15, 0.2) is 12.2 Å². The lowest BCUT2D eigenvalue weighted by atomic mass is 9.99. The summed E-state index contributed by atoms with van der Waals surface area (Å²) in [5.74, 6) is 0.264. The largest absolute Gasteiger partial charge is 0.472 e. The van der Waals surface area contributed by atoms with Gasteiger partial charge in [0, 0.05) is 25.7 Å². The predicted octanol–water partition coefficient (Wildman–Crippen LogP) is 21.4. The minimum Gasteiger partial charge on any atom is -0.462 e. The van der Waals surface area contributed by atoms with E-state index in [0.717, 1.165) is 114 Å². The number of carbonyl (C=O) groups is 4. The molecule has 0 amide bonds. The number of hydrogen-bond donors (Lipinski definition) is 3. The number of unbranched alkanes of at least 4 members (excludes halogenated alkanes) is 38. The molecule has 0 saturated heterocycles. The van der Waals surface area contributed by atoms with Crippen LogP contribution in [0.25, 0.3) is 0 Å². The van der Waals surface area contributed by atoms with Crippen LogP contribution in [0.3, 0.4) is 0 Å². The molecule has 552 valence electrons. The van der Waals surface area contributed by atoms with Gasteiger partial charge >= 0.3 is 39.5 Å². The number of aliphatic hydroxyl groups excluding tert-OH is 1. The van der Waals surface area contributed by atoms with Gasteiger partial charge in [-0.1, -0.05) is 325 Å². The van der Waals surface area contributed by atoms with Crippen molar-refractivity contribution in [2.24, 2.45) is 17.8 Å². The summed E-state index contributed by atoms with van der Waals surface area (Å²) in [7, 11) is -9.91. The van der Waals surface area contributed by atoms with Crippen molar-refractivity contribution < 1.29 is 80.2 Å². The molecule has 0 rings (SSSR count). The van der Waals surface area contributed by atoms with Crippen LogP contribution in [-0.2, 0) is 65.4 Å². The number of esters is 4. The minimum absolute atomic E-state index is 0.105. The molecular formula is C74H144O17P2. The van der Waals surface area contributed by atoms with Crippen molar-refractivity contribution in [1.29, 1.82) is 0 Å². The van der Waals surface area contributed by atoms with E-state index >= 15 is 0 Å². The van der Waals surface area contributed by atoms with E-state index in [2.05, 4.69) is 48.5 Å². The van der Waals surface area contributed by atoms with Gasteiger partial charge in [0.25, 0.3) is 0 Å². The van der Waals surface area contributed by atoms with Crippen molar-refractivity contribution >= 4 is 39.5 Å². The maximum Gasteiger partial charge on any atom is 0.472 e. The SMILES string of the molecule is CCCCCCCCCCC(=O)OC[C@H](COP(=O)(O)OC[C@H](O)COP(=O)(O)OC[C@@H](COC(=O)CCCCCCCCCCCCC(C)CC)OC(=O)CCCCCCCCCCCCCCCCCCC(C)C)OC(=O)CCCCCCCCCCC(C)CC. The maximum absolute atomic E-state index is 13.1. The van der Waals surface area contributed by atoms with Crippen LogP contribution in [0.1, 0.15) is 376 Å². The zero-order valence-corrected chi connectivity index (χ0v) is 62.5. The number of hydrogen-bond acceptors (Lipinski definition) is 15. The zero-order valence-electron chi connectivity index (χ0n) is 60.7. The molecular weight excluding hydrogens is 1220 g/mol. The fraction of sp³-hybridized carbons (Fsp3) is 0.946. The van der Waals surface area contributed by atoms with E-state index in [9.17, 15) is 43.2 Å². The van der Waals surface area contributed by atoms with Crippen LogP contribution in [0.2, 0.25) is 0 Å². The molecule has 0 aromatic heterocycles. The standard InChI is InChI=1S/C74H144O17P2/c1-8-11-12-13-14-34-41-48-55-71(76)84-61-69(91-74(79)58-51-44-37-30-29-33-40-47-54-67(7)10-3)63-88-92(80,81)86-59-68(75)60-87-93(82,83)89-64-70(62-85-72(77)56-49-42-35-27-24-23-26-32-39-46-53-66(6)9-2)90-73(78)57-50-43-36-28-22-20-18-16-15-17-19-21-25-31-38-45-52-65(4)5/h65-70,75H,8-64H2,1-7H3,(H,80,81)(H,82,83)/t66?,67?,68-,69+,70+/m0/s1. The Balaban J connectivity index is 5.22. The van der Waals surface area contributed by atoms with Gasteiger partial charge < -0.3 is 33.8 Å². The van der Waals surface area contributed by atoms with Crippen molar-refractivity contribution in [3.05, 3.63) is 0 Å². The van der Waals surface area contributed by atoms with Gasteiger partial charge in [0.1, 0.15) is 19.3 Å². The third-order valence-corrected chi connectivity index (χ3v) is 19.8. The summed E-state index contributed by atoms with van der Waals surface area (Å²) in [4.78, 5) is 72.6. The summed E-state index contributed by atoms with van der Waals surface area (Å²) in [6.07, 6.45) is 49.9. The lowest BCUT2D eigenvalue weighted by Crippen LogP contribution is -2.30. The quantitative estimate of drug-likeness (QED) is 0.0222. The summed E-state index contributed by atoms with van der Waals surface area (Å²) in [6.45, 7) is 11.9. The molecule has 0 spiro atoms. The van der Waals surface area contributed by atoms with Crippen LogP contribution in [0.15, 0.2) is 0 Å². The number of aliphatic hydroxyl groups is 1. The Labute approximate surface area is 568 Å². The molecule has 0 aromatic rings. The second-order valence-electron chi connectivity index (χ2n) is 27.6. The van der Waals surface area contributed by atoms with E-state index < -0.39 is 97.5 Å². The Morgan fingerprint density at radius 3 is 0.817 bits per heavy atom. The average molecular weight is 1370 g/mol. The summed E-state index contributed by atoms with van der Waals surface area (Å²) in [6, 6.07) is 0. The normalized spacial score (nSPS) is 14.7. The van der Waals surface area contributed by atoms with Crippen LogP contribution in [0.4, 0.5) is 0 Å². The molecule has 0 aliphatic heterocycles. The number of rotatable bonds is 72. The van der Waals surface area contributed by atoms with Crippen molar-refractivity contribution in [2.75, 3.05) is 39.6 Å². The first kappa shape index (κ1) is 91.1.